The van der Waals surface area contributed by atoms with Crippen molar-refractivity contribution in [3.63, 3.8) is 0 Å². The van der Waals surface area contributed by atoms with Crippen LogP contribution >= 0.6 is 0 Å². The van der Waals surface area contributed by atoms with Crippen LogP contribution in [-0.4, -0.2) is 17.3 Å². The van der Waals surface area contributed by atoms with Gasteiger partial charge in [0, 0.05) is 24.7 Å². The Labute approximate surface area is 205 Å². The zero-order valence-corrected chi connectivity index (χ0v) is 20.6. The van der Waals surface area contributed by atoms with Gasteiger partial charge in [0.15, 0.2) is 18.6 Å². The van der Waals surface area contributed by atoms with Crippen LogP contribution in [0.2, 0.25) is 0 Å². The molecule has 0 aliphatic heterocycles. The largest absolute Gasteiger partial charge is 1.00 e. The first-order valence-corrected chi connectivity index (χ1v) is 8.49. The highest BCUT2D eigenvalue weighted by Gasteiger charge is 2.08. The van der Waals surface area contributed by atoms with Crippen LogP contribution in [0.4, 0.5) is 0 Å². The van der Waals surface area contributed by atoms with Crippen LogP contribution in [0.1, 0.15) is 21.6 Å². The monoisotopic (exact) mass is 618 g/mol. The molecule has 0 saturated heterocycles. The number of aromatic nitrogens is 2. The van der Waals surface area contributed by atoms with Crippen molar-refractivity contribution in [3.05, 3.63) is 96.1 Å². The smallest absolute Gasteiger partial charge is 0.257 e. The number of hydrogen-bond acceptors (Lipinski definition) is 3. The number of hydrogen-bond donors (Lipinski definition) is 2. The van der Waals surface area contributed by atoms with Gasteiger partial charge in [-0.1, -0.05) is 35.5 Å². The molecule has 0 atom stereocenters. The number of pyridine rings is 2. The number of nitrogens with zero attached hydrogens (tertiary/aromatic N) is 3. The summed E-state index contributed by atoms with van der Waals surface area (Å²) in [6.07, 6.45) is 6.98. The van der Waals surface area contributed by atoms with Gasteiger partial charge < -0.3 is 58.5 Å². The SMILES string of the molecule is C[n+]1cccc(C(=O)NCc2ccccc2)c1.C[n+]1ccccc1C=NO.[I-].[I-]. The molecule has 6 nitrogen and oxygen atoms in total. The Hall–Kier alpha value is -2.08. The van der Waals surface area contributed by atoms with Crippen molar-refractivity contribution in [1.29, 1.82) is 0 Å². The summed E-state index contributed by atoms with van der Waals surface area (Å²) in [5.74, 6) is -0.0509. The number of oxime groups is 1. The van der Waals surface area contributed by atoms with E-state index in [4.69, 9.17) is 5.21 Å². The van der Waals surface area contributed by atoms with Crippen LogP contribution in [0.15, 0.2) is 84.4 Å². The standard InChI is InChI=1S/C14H14N2O.C7H8N2O.2HI/c1-16-9-5-8-13(11-16)14(17)15-10-12-6-3-2-4-7-12;1-9-5-3-2-4-7(9)6-8-10;;/h2-9,11H,10H2,1H3;2-6H,1H3;2*1H. The Kier molecular flexibility index (Phi) is 13.8. The van der Waals surface area contributed by atoms with Crippen molar-refractivity contribution in [2.45, 2.75) is 6.54 Å². The highest BCUT2D eigenvalue weighted by atomic mass is 127. The minimum Gasteiger partial charge on any atom is -1.00 e. The van der Waals surface area contributed by atoms with Gasteiger partial charge in [0.2, 0.25) is 5.69 Å². The fraction of sp³-hybridized carbons (Fsp3) is 0.143. The molecule has 2 heterocycles. The second kappa shape index (κ2) is 14.9. The van der Waals surface area contributed by atoms with Crippen molar-refractivity contribution < 1.29 is 67.1 Å². The Morgan fingerprint density at radius 1 is 1.00 bits per heavy atom. The van der Waals surface area contributed by atoms with Gasteiger partial charge >= 0.3 is 0 Å². The van der Waals surface area contributed by atoms with E-state index in [1.165, 1.54) is 6.21 Å². The Balaban J connectivity index is 0.000000567. The van der Waals surface area contributed by atoms with Crippen molar-refractivity contribution >= 4 is 12.1 Å². The minimum atomic E-state index is -0.0509. The lowest BCUT2D eigenvalue weighted by Gasteiger charge is -2.04. The molecule has 0 aliphatic rings. The molecule has 2 N–H and O–H groups in total. The summed E-state index contributed by atoms with van der Waals surface area (Å²) in [7, 11) is 3.78. The van der Waals surface area contributed by atoms with Gasteiger partial charge in [-0.25, -0.2) is 9.13 Å². The average molecular weight is 618 g/mol. The molecule has 0 aliphatic carbocycles. The quantitative estimate of drug-likeness (QED) is 0.103. The molecule has 3 aromatic rings. The van der Waals surface area contributed by atoms with Gasteiger partial charge in [-0.2, -0.15) is 0 Å². The predicted octanol–water partition coefficient (Wildman–Crippen LogP) is -4.23. The Morgan fingerprint density at radius 2 is 1.69 bits per heavy atom. The van der Waals surface area contributed by atoms with Gasteiger partial charge in [-0.3, -0.25) is 4.79 Å². The van der Waals surface area contributed by atoms with E-state index in [1.54, 1.807) is 12.3 Å². The summed E-state index contributed by atoms with van der Waals surface area (Å²) in [5.41, 5.74) is 2.64. The maximum atomic E-state index is 11.8. The van der Waals surface area contributed by atoms with Gasteiger partial charge in [0.05, 0.1) is 0 Å². The van der Waals surface area contributed by atoms with E-state index in [-0.39, 0.29) is 53.9 Å². The van der Waals surface area contributed by atoms with Crippen LogP contribution in [0.3, 0.4) is 0 Å². The van der Waals surface area contributed by atoms with Gasteiger partial charge in [-0.15, -0.1) is 0 Å². The van der Waals surface area contributed by atoms with Gasteiger partial charge in [0.25, 0.3) is 5.91 Å². The van der Waals surface area contributed by atoms with Crippen molar-refractivity contribution in [3.8, 4) is 0 Å². The van der Waals surface area contributed by atoms with Crippen molar-refractivity contribution in [1.82, 2.24) is 5.32 Å². The highest BCUT2D eigenvalue weighted by Crippen LogP contribution is 1.99. The molecule has 0 fully saturated rings. The molecule has 0 saturated carbocycles. The fourth-order valence-electron chi connectivity index (χ4n) is 2.33. The van der Waals surface area contributed by atoms with Gasteiger partial charge in [0.1, 0.15) is 25.9 Å². The number of amides is 1. The molecule has 29 heavy (non-hydrogen) atoms. The number of halogens is 2. The molecule has 2 aromatic heterocycles. The summed E-state index contributed by atoms with van der Waals surface area (Å²) in [6.45, 7) is 0.554. The second-order valence-electron chi connectivity index (χ2n) is 5.91. The van der Waals surface area contributed by atoms with Gasteiger partial charge in [-0.05, 0) is 17.7 Å². The summed E-state index contributed by atoms with van der Waals surface area (Å²) in [4.78, 5) is 11.8. The van der Waals surface area contributed by atoms with Crippen LogP contribution in [0, 0.1) is 0 Å². The lowest BCUT2D eigenvalue weighted by Crippen LogP contribution is -3.00. The minimum absolute atomic E-state index is 0. The third-order valence-corrected chi connectivity index (χ3v) is 3.78. The van der Waals surface area contributed by atoms with Crippen LogP contribution in [0.5, 0.6) is 0 Å². The predicted molar refractivity (Wildman–Crippen MR) is 102 cm³/mol. The molecule has 154 valence electrons. The number of aryl methyl sites for hydroxylation is 2. The Morgan fingerprint density at radius 3 is 2.31 bits per heavy atom. The maximum absolute atomic E-state index is 11.8. The van der Waals surface area contributed by atoms with E-state index in [1.807, 2.05) is 90.2 Å². The molecule has 0 radical (unpaired) electrons. The number of carbonyl (C=O) groups is 1. The first kappa shape index (κ1) is 26.9. The normalized spacial score (nSPS) is 9.45. The number of nitrogens with one attached hydrogen (secondary N) is 1. The molecule has 0 unspecified atom stereocenters. The van der Waals surface area contributed by atoms with Crippen molar-refractivity contribution in [2.75, 3.05) is 0 Å². The second-order valence-corrected chi connectivity index (χ2v) is 5.91. The molecule has 0 bridgehead atoms. The highest BCUT2D eigenvalue weighted by molar-refractivity contribution is 5.93. The third kappa shape index (κ3) is 9.79. The lowest BCUT2D eigenvalue weighted by molar-refractivity contribution is -0.672. The number of carbonyl (C=O) groups excluding carboxylic acids is 1. The fourth-order valence-corrected chi connectivity index (χ4v) is 2.33. The van der Waals surface area contributed by atoms with E-state index >= 15 is 0 Å². The van der Waals surface area contributed by atoms with E-state index < -0.39 is 0 Å². The molecule has 1 amide bonds. The molecular weight excluding hydrogens is 594 g/mol. The van der Waals surface area contributed by atoms with E-state index in [0.717, 1.165) is 11.3 Å². The summed E-state index contributed by atoms with van der Waals surface area (Å²) in [5, 5.41) is 14.0. The zero-order valence-electron chi connectivity index (χ0n) is 16.2. The lowest BCUT2D eigenvalue weighted by atomic mass is 10.2. The molecular formula is C21H24I2N4O2. The van der Waals surface area contributed by atoms with Crippen molar-refractivity contribution in [2.24, 2.45) is 19.3 Å². The first-order chi connectivity index (χ1) is 13.1. The third-order valence-electron chi connectivity index (χ3n) is 3.78. The molecule has 0 spiro atoms. The van der Waals surface area contributed by atoms with E-state index in [2.05, 4.69) is 10.5 Å². The zero-order chi connectivity index (χ0) is 19.5. The molecule has 3 rings (SSSR count). The van der Waals surface area contributed by atoms with E-state index in [9.17, 15) is 4.79 Å². The van der Waals surface area contributed by atoms with Crippen LogP contribution in [-0.2, 0) is 20.6 Å². The summed E-state index contributed by atoms with van der Waals surface area (Å²) < 4.78 is 3.72. The number of benzene rings is 1. The summed E-state index contributed by atoms with van der Waals surface area (Å²) >= 11 is 0. The molecule has 8 heteroatoms. The van der Waals surface area contributed by atoms with Crippen LogP contribution < -0.4 is 62.4 Å². The van der Waals surface area contributed by atoms with Crippen LogP contribution in [0.25, 0.3) is 0 Å². The number of rotatable bonds is 4. The first-order valence-electron chi connectivity index (χ1n) is 8.49. The topological polar surface area (TPSA) is 69.5 Å². The summed E-state index contributed by atoms with van der Waals surface area (Å²) in [6, 6.07) is 19.2. The van der Waals surface area contributed by atoms with E-state index in [0.29, 0.717) is 12.1 Å². The molecule has 1 aromatic carbocycles. The maximum Gasteiger partial charge on any atom is 0.257 e. The Bertz CT molecular complexity index is 906. The average Bonchev–Trinajstić information content (AvgIpc) is 2.69.